The molecule has 0 aromatic carbocycles. The fraction of sp³-hybridized carbons (Fsp3) is 0.667. The monoisotopic (exact) mass is 253 g/mol. The molecule has 0 fully saturated rings. The molecule has 0 aromatic heterocycles. The summed E-state index contributed by atoms with van der Waals surface area (Å²) in [4.78, 5) is 9.44. The van der Waals surface area contributed by atoms with Gasteiger partial charge in [-0.25, -0.2) is 0 Å². The molecule has 1 nitrogen and oxygen atoms in total. The zero-order valence-corrected chi connectivity index (χ0v) is 5.50. The van der Waals surface area contributed by atoms with Crippen LogP contribution in [0.1, 0.15) is 13.8 Å². The predicted molar refractivity (Wildman–Crippen MR) is 16.4 cm³/mol. The normalized spacial score (nSPS) is 5.20. The summed E-state index contributed by atoms with van der Waals surface area (Å²) >= 11 is 0. The van der Waals surface area contributed by atoms with E-state index in [0.29, 0.717) is 0 Å². The molecule has 0 aromatic rings. The molecule has 0 radical (unpaired) electrons. The van der Waals surface area contributed by atoms with E-state index in [0.717, 1.165) is 0 Å². The first kappa shape index (κ1) is 9.02. The molecule has 0 atom stereocenters. The van der Waals surface area contributed by atoms with Gasteiger partial charge in [-0.3, -0.25) is 0 Å². The number of Topliss-reactive ketones (excluding diaryl/α,β-unsaturated/α-hetero) is 1. The zero-order valence-electron chi connectivity index (χ0n) is 3.22. The van der Waals surface area contributed by atoms with Gasteiger partial charge in [0.05, 0.1) is 0 Å². The third kappa shape index (κ3) is 189. The number of ketones is 1. The smallest absolute Gasteiger partial charge is 0.126 e. The van der Waals surface area contributed by atoms with E-state index >= 15 is 0 Å². The van der Waals surface area contributed by atoms with Gasteiger partial charge in [-0.05, 0) is 13.8 Å². The molecule has 0 unspecified atom stereocenters. The summed E-state index contributed by atoms with van der Waals surface area (Å²) in [6.45, 7) is 3.06. The minimum absolute atomic E-state index is 0. The standard InChI is InChI=1S/C3H6O.Pt/c1-3(2)4;/h1-2H3;. The van der Waals surface area contributed by atoms with Crippen molar-refractivity contribution in [1.29, 1.82) is 0 Å². The summed E-state index contributed by atoms with van der Waals surface area (Å²) in [7, 11) is 0. The summed E-state index contributed by atoms with van der Waals surface area (Å²) in [5.74, 6) is 0.167. The molecule has 0 rings (SSSR count). The first-order valence-corrected chi connectivity index (χ1v) is 1.20. The van der Waals surface area contributed by atoms with Gasteiger partial charge in [-0.15, -0.1) is 0 Å². The van der Waals surface area contributed by atoms with Gasteiger partial charge in [0, 0.05) is 21.1 Å². The van der Waals surface area contributed by atoms with Gasteiger partial charge in [0.25, 0.3) is 0 Å². The van der Waals surface area contributed by atoms with Crippen molar-refractivity contribution in [3.8, 4) is 0 Å². The van der Waals surface area contributed by atoms with Gasteiger partial charge < -0.3 is 4.79 Å². The van der Waals surface area contributed by atoms with E-state index in [1.54, 1.807) is 0 Å². The Balaban J connectivity index is 0. The van der Waals surface area contributed by atoms with Gasteiger partial charge in [0.15, 0.2) is 0 Å². The van der Waals surface area contributed by atoms with Crippen LogP contribution in [0.2, 0.25) is 0 Å². The van der Waals surface area contributed by atoms with E-state index in [9.17, 15) is 4.79 Å². The fourth-order valence-corrected chi connectivity index (χ4v) is 0. The average molecular weight is 253 g/mol. The van der Waals surface area contributed by atoms with Crippen LogP contribution in [0.3, 0.4) is 0 Å². The van der Waals surface area contributed by atoms with Crippen LogP contribution in [0.5, 0.6) is 0 Å². The van der Waals surface area contributed by atoms with Crippen molar-refractivity contribution >= 4 is 5.78 Å². The van der Waals surface area contributed by atoms with Crippen molar-refractivity contribution in [1.82, 2.24) is 0 Å². The number of rotatable bonds is 0. The predicted octanol–water partition coefficient (Wildman–Crippen LogP) is 0.593. The van der Waals surface area contributed by atoms with Crippen LogP contribution >= 0.6 is 0 Å². The largest absolute Gasteiger partial charge is 0.300 e. The molecule has 0 heterocycles. The molecule has 2 heteroatoms. The number of hydrogen-bond acceptors (Lipinski definition) is 1. The van der Waals surface area contributed by atoms with E-state index in [1.807, 2.05) is 0 Å². The van der Waals surface area contributed by atoms with Crippen molar-refractivity contribution in [2.45, 2.75) is 13.8 Å². The quantitative estimate of drug-likeness (QED) is 0.617. The van der Waals surface area contributed by atoms with Crippen LogP contribution in [-0.2, 0) is 25.9 Å². The van der Waals surface area contributed by atoms with Gasteiger partial charge in [0.2, 0.25) is 0 Å². The molecule has 0 N–H and O–H groups in total. The minimum atomic E-state index is 0. The van der Waals surface area contributed by atoms with Crippen molar-refractivity contribution in [2.75, 3.05) is 0 Å². The van der Waals surface area contributed by atoms with E-state index in [1.165, 1.54) is 13.8 Å². The van der Waals surface area contributed by atoms with Gasteiger partial charge in [-0.2, -0.15) is 0 Å². The SMILES string of the molecule is CC(C)=O.[Pt]. The molecular formula is C3H6OPt. The topological polar surface area (TPSA) is 17.1 Å². The molecule has 0 saturated carbocycles. The maximum absolute atomic E-state index is 9.44. The van der Waals surface area contributed by atoms with E-state index < -0.39 is 0 Å². The van der Waals surface area contributed by atoms with Crippen LogP contribution in [0, 0.1) is 0 Å². The molecule has 5 heavy (non-hydrogen) atoms. The maximum atomic E-state index is 9.44. The Labute approximate surface area is 46.0 Å². The Kier molecular flexibility index (Phi) is 7.87. The summed E-state index contributed by atoms with van der Waals surface area (Å²) < 4.78 is 0. The summed E-state index contributed by atoms with van der Waals surface area (Å²) in [6.07, 6.45) is 0. The molecule has 0 bridgehead atoms. The second kappa shape index (κ2) is 4.36. The molecule has 0 amide bonds. The van der Waals surface area contributed by atoms with Crippen molar-refractivity contribution in [3.05, 3.63) is 0 Å². The van der Waals surface area contributed by atoms with Crippen molar-refractivity contribution in [3.63, 3.8) is 0 Å². The van der Waals surface area contributed by atoms with Crippen LogP contribution in [0.4, 0.5) is 0 Å². The Morgan fingerprint density at radius 1 is 1.40 bits per heavy atom. The summed E-state index contributed by atoms with van der Waals surface area (Å²) in [5.41, 5.74) is 0. The van der Waals surface area contributed by atoms with Gasteiger partial charge >= 0.3 is 0 Å². The van der Waals surface area contributed by atoms with Crippen LogP contribution in [0.15, 0.2) is 0 Å². The fourth-order valence-electron chi connectivity index (χ4n) is 0. The first-order chi connectivity index (χ1) is 1.73. The Morgan fingerprint density at radius 2 is 1.40 bits per heavy atom. The van der Waals surface area contributed by atoms with Gasteiger partial charge in [-0.1, -0.05) is 0 Å². The molecule has 0 spiro atoms. The first-order valence-electron chi connectivity index (χ1n) is 1.20. The van der Waals surface area contributed by atoms with Crippen molar-refractivity contribution < 1.29 is 25.9 Å². The molecule has 0 aliphatic carbocycles. The zero-order chi connectivity index (χ0) is 3.58. The van der Waals surface area contributed by atoms with Gasteiger partial charge in [0.1, 0.15) is 5.78 Å². The second-order valence-corrected chi connectivity index (χ2v) is 0.908. The van der Waals surface area contributed by atoms with Crippen LogP contribution < -0.4 is 0 Å². The molecule has 34 valence electrons. The molecule has 0 aliphatic rings. The van der Waals surface area contributed by atoms with E-state index in [2.05, 4.69) is 0 Å². The van der Waals surface area contributed by atoms with Crippen molar-refractivity contribution in [2.24, 2.45) is 0 Å². The van der Waals surface area contributed by atoms with Crippen LogP contribution in [0.25, 0.3) is 0 Å². The second-order valence-electron chi connectivity index (χ2n) is 0.908. The molecule has 0 saturated heterocycles. The number of carbonyl (C=O) groups excluding carboxylic acids is 1. The Bertz CT molecular complexity index is 29.9. The Morgan fingerprint density at radius 3 is 1.40 bits per heavy atom. The number of hydrogen-bond donors (Lipinski definition) is 0. The van der Waals surface area contributed by atoms with E-state index in [-0.39, 0.29) is 26.8 Å². The molecular weight excluding hydrogens is 247 g/mol. The van der Waals surface area contributed by atoms with E-state index in [4.69, 9.17) is 0 Å². The summed E-state index contributed by atoms with van der Waals surface area (Å²) in [5, 5.41) is 0. The summed E-state index contributed by atoms with van der Waals surface area (Å²) in [6, 6.07) is 0. The number of carbonyl (C=O) groups is 1. The Hall–Kier alpha value is 0.358. The third-order valence-electron chi connectivity index (χ3n) is 0. The average Bonchev–Trinajstić information content (AvgIpc) is 0.811. The minimum Gasteiger partial charge on any atom is -0.300 e. The van der Waals surface area contributed by atoms with Crippen LogP contribution in [-0.4, -0.2) is 5.78 Å². The molecule has 0 aliphatic heterocycles. The third-order valence-corrected chi connectivity index (χ3v) is 0. The maximum Gasteiger partial charge on any atom is 0.126 e.